The van der Waals surface area contributed by atoms with E-state index in [-0.39, 0.29) is 11.6 Å². The third kappa shape index (κ3) is 1.38. The van der Waals surface area contributed by atoms with Gasteiger partial charge in [0.15, 0.2) is 0 Å². The molecular formula is C8H8BrFO. The Kier molecular flexibility index (Phi) is 2.18. The zero-order valence-electron chi connectivity index (χ0n) is 6.28. The van der Waals surface area contributed by atoms with Gasteiger partial charge in [-0.2, -0.15) is 0 Å². The van der Waals surface area contributed by atoms with E-state index in [2.05, 4.69) is 15.9 Å². The lowest BCUT2D eigenvalue weighted by Gasteiger charge is -2.05. The molecule has 0 atom stereocenters. The molecule has 0 amide bonds. The second-order valence-electron chi connectivity index (χ2n) is 2.46. The summed E-state index contributed by atoms with van der Waals surface area (Å²) in [6.07, 6.45) is 0. The van der Waals surface area contributed by atoms with Crippen molar-refractivity contribution in [2.45, 2.75) is 13.8 Å². The van der Waals surface area contributed by atoms with Crippen molar-refractivity contribution in [2.75, 3.05) is 0 Å². The van der Waals surface area contributed by atoms with Gasteiger partial charge in [-0.05, 0) is 41.4 Å². The van der Waals surface area contributed by atoms with Crippen LogP contribution >= 0.6 is 15.9 Å². The highest BCUT2D eigenvalue weighted by Crippen LogP contribution is 2.31. The first-order chi connectivity index (χ1) is 5.04. The first-order valence-corrected chi connectivity index (χ1v) is 3.97. The van der Waals surface area contributed by atoms with Crippen LogP contribution in [0.25, 0.3) is 0 Å². The Morgan fingerprint density at radius 1 is 1.45 bits per heavy atom. The number of hydrogen-bond donors (Lipinski definition) is 1. The van der Waals surface area contributed by atoms with E-state index >= 15 is 0 Å². The summed E-state index contributed by atoms with van der Waals surface area (Å²) < 4.78 is 13.3. The van der Waals surface area contributed by atoms with Crippen molar-refractivity contribution in [3.05, 3.63) is 27.5 Å². The van der Waals surface area contributed by atoms with Crippen molar-refractivity contribution < 1.29 is 9.50 Å². The molecule has 0 fully saturated rings. The topological polar surface area (TPSA) is 20.2 Å². The summed E-state index contributed by atoms with van der Waals surface area (Å²) in [5, 5.41) is 9.30. The molecule has 0 unspecified atom stereocenters. The van der Waals surface area contributed by atoms with Crippen LogP contribution in [-0.4, -0.2) is 5.11 Å². The molecular weight excluding hydrogens is 211 g/mol. The molecule has 0 heterocycles. The summed E-state index contributed by atoms with van der Waals surface area (Å²) in [7, 11) is 0. The number of aromatic hydroxyl groups is 1. The monoisotopic (exact) mass is 218 g/mol. The maximum absolute atomic E-state index is 12.9. The standard InChI is InChI=1S/C8H8BrFO/c1-4-3-6(10)5(2)7(9)8(4)11/h3,11H,1-2H3. The fourth-order valence-electron chi connectivity index (χ4n) is 0.822. The molecule has 60 valence electrons. The number of phenolic OH excluding ortho intramolecular Hbond substituents is 1. The molecule has 0 spiro atoms. The van der Waals surface area contributed by atoms with Crippen LogP contribution in [-0.2, 0) is 0 Å². The predicted octanol–water partition coefficient (Wildman–Crippen LogP) is 2.91. The zero-order valence-corrected chi connectivity index (χ0v) is 7.87. The van der Waals surface area contributed by atoms with Gasteiger partial charge in [0.05, 0.1) is 4.47 Å². The molecule has 0 aliphatic rings. The normalized spacial score (nSPS) is 10.2. The SMILES string of the molecule is Cc1cc(F)c(C)c(Br)c1O. The molecule has 3 heteroatoms. The largest absolute Gasteiger partial charge is 0.506 e. The molecule has 1 aromatic carbocycles. The number of phenols is 1. The molecule has 0 radical (unpaired) electrons. The van der Waals surface area contributed by atoms with E-state index in [1.165, 1.54) is 6.07 Å². The van der Waals surface area contributed by atoms with Gasteiger partial charge in [-0.3, -0.25) is 0 Å². The number of benzene rings is 1. The highest BCUT2D eigenvalue weighted by atomic mass is 79.9. The fourth-order valence-corrected chi connectivity index (χ4v) is 1.32. The quantitative estimate of drug-likeness (QED) is 0.711. The second-order valence-corrected chi connectivity index (χ2v) is 3.26. The average Bonchev–Trinajstić information content (AvgIpc) is 1.97. The van der Waals surface area contributed by atoms with Gasteiger partial charge in [0.1, 0.15) is 11.6 Å². The molecule has 1 N–H and O–H groups in total. The Bertz CT molecular complexity index is 270. The molecule has 0 bridgehead atoms. The van der Waals surface area contributed by atoms with Crippen LogP contribution in [0.3, 0.4) is 0 Å². The molecule has 1 nitrogen and oxygen atoms in total. The molecule has 1 aromatic rings. The molecule has 0 saturated carbocycles. The van der Waals surface area contributed by atoms with Gasteiger partial charge in [0.2, 0.25) is 0 Å². The Morgan fingerprint density at radius 3 is 2.55 bits per heavy atom. The van der Waals surface area contributed by atoms with E-state index in [1.807, 2.05) is 0 Å². The van der Waals surface area contributed by atoms with Crippen LogP contribution in [0.15, 0.2) is 10.5 Å². The zero-order chi connectivity index (χ0) is 8.59. The Balaban J connectivity index is 3.46. The van der Waals surface area contributed by atoms with Gasteiger partial charge in [-0.1, -0.05) is 0 Å². The van der Waals surface area contributed by atoms with Crippen LogP contribution in [0.2, 0.25) is 0 Å². The summed E-state index contributed by atoms with van der Waals surface area (Å²) in [4.78, 5) is 0. The summed E-state index contributed by atoms with van der Waals surface area (Å²) >= 11 is 3.09. The maximum Gasteiger partial charge on any atom is 0.133 e. The first kappa shape index (κ1) is 8.53. The molecule has 1 rings (SSSR count). The van der Waals surface area contributed by atoms with Crippen LogP contribution in [0.1, 0.15) is 11.1 Å². The van der Waals surface area contributed by atoms with Crippen molar-refractivity contribution >= 4 is 15.9 Å². The van der Waals surface area contributed by atoms with Crippen LogP contribution in [0, 0.1) is 19.7 Å². The smallest absolute Gasteiger partial charge is 0.133 e. The van der Waals surface area contributed by atoms with Crippen molar-refractivity contribution in [2.24, 2.45) is 0 Å². The van der Waals surface area contributed by atoms with Gasteiger partial charge in [0.25, 0.3) is 0 Å². The summed E-state index contributed by atoms with van der Waals surface area (Å²) in [6, 6.07) is 1.31. The molecule has 11 heavy (non-hydrogen) atoms. The van der Waals surface area contributed by atoms with Gasteiger partial charge in [-0.25, -0.2) is 4.39 Å². The maximum atomic E-state index is 12.9. The van der Waals surface area contributed by atoms with Crippen molar-refractivity contribution in [3.8, 4) is 5.75 Å². The summed E-state index contributed by atoms with van der Waals surface area (Å²) in [5.74, 6) is -0.184. The van der Waals surface area contributed by atoms with Gasteiger partial charge < -0.3 is 5.11 Å². The number of hydrogen-bond acceptors (Lipinski definition) is 1. The summed E-state index contributed by atoms with van der Waals surface area (Å²) in [5.41, 5.74) is 0.980. The van der Waals surface area contributed by atoms with Gasteiger partial charge >= 0.3 is 0 Å². The lowest BCUT2D eigenvalue weighted by Crippen LogP contribution is -1.87. The minimum atomic E-state index is -0.299. The van der Waals surface area contributed by atoms with Crippen LogP contribution in [0.4, 0.5) is 4.39 Å². The van der Waals surface area contributed by atoms with E-state index in [0.717, 1.165) is 0 Å². The van der Waals surface area contributed by atoms with Crippen LogP contribution < -0.4 is 0 Å². The van der Waals surface area contributed by atoms with E-state index < -0.39 is 0 Å². The molecule has 0 aliphatic heterocycles. The number of halogens is 2. The fraction of sp³-hybridized carbons (Fsp3) is 0.250. The summed E-state index contributed by atoms with van der Waals surface area (Å²) in [6.45, 7) is 3.27. The highest BCUT2D eigenvalue weighted by Gasteiger charge is 2.09. The first-order valence-electron chi connectivity index (χ1n) is 3.18. The Hall–Kier alpha value is -0.570. The Labute approximate surface area is 73.0 Å². The van der Waals surface area contributed by atoms with E-state index in [1.54, 1.807) is 13.8 Å². The van der Waals surface area contributed by atoms with Crippen molar-refractivity contribution in [1.29, 1.82) is 0 Å². The van der Waals surface area contributed by atoms with E-state index in [4.69, 9.17) is 0 Å². The lowest BCUT2D eigenvalue weighted by atomic mass is 10.1. The third-order valence-corrected chi connectivity index (χ3v) is 2.58. The molecule has 0 aliphatic carbocycles. The lowest BCUT2D eigenvalue weighted by molar-refractivity contribution is 0.463. The molecule has 0 aromatic heterocycles. The third-order valence-electron chi connectivity index (χ3n) is 1.61. The molecule has 0 saturated heterocycles. The second kappa shape index (κ2) is 2.81. The highest BCUT2D eigenvalue weighted by molar-refractivity contribution is 9.10. The Morgan fingerprint density at radius 2 is 2.00 bits per heavy atom. The number of aryl methyl sites for hydroxylation is 1. The average molecular weight is 219 g/mol. The predicted molar refractivity (Wildman–Crippen MR) is 45.2 cm³/mol. The van der Waals surface area contributed by atoms with Gasteiger partial charge in [-0.15, -0.1) is 0 Å². The van der Waals surface area contributed by atoms with Gasteiger partial charge in [0, 0.05) is 5.56 Å². The number of rotatable bonds is 0. The minimum absolute atomic E-state index is 0.115. The van der Waals surface area contributed by atoms with Crippen molar-refractivity contribution in [1.82, 2.24) is 0 Å². The van der Waals surface area contributed by atoms with Crippen molar-refractivity contribution in [3.63, 3.8) is 0 Å². The minimum Gasteiger partial charge on any atom is -0.506 e. The van der Waals surface area contributed by atoms with Crippen LogP contribution in [0.5, 0.6) is 5.75 Å². The van der Waals surface area contributed by atoms with E-state index in [9.17, 15) is 9.50 Å². The van der Waals surface area contributed by atoms with E-state index in [0.29, 0.717) is 15.6 Å².